The van der Waals surface area contributed by atoms with Gasteiger partial charge in [0, 0.05) is 6.54 Å². The van der Waals surface area contributed by atoms with Crippen molar-refractivity contribution >= 4 is 11.5 Å². The molecule has 1 aromatic rings. The van der Waals surface area contributed by atoms with Crippen molar-refractivity contribution in [3.05, 3.63) is 18.3 Å². The first kappa shape index (κ1) is 10.3. The maximum atomic E-state index is 5.53. The van der Waals surface area contributed by atoms with E-state index in [-0.39, 0.29) is 0 Å². The summed E-state index contributed by atoms with van der Waals surface area (Å²) in [5.41, 5.74) is 6.60. The van der Waals surface area contributed by atoms with E-state index in [1.807, 2.05) is 12.1 Å². The lowest BCUT2D eigenvalue weighted by Gasteiger charge is -2.16. The van der Waals surface area contributed by atoms with Gasteiger partial charge in [0.05, 0.1) is 11.9 Å². The van der Waals surface area contributed by atoms with Crippen LogP contribution in [0, 0.1) is 11.8 Å². The summed E-state index contributed by atoms with van der Waals surface area (Å²) in [5.74, 6) is 2.26. The van der Waals surface area contributed by atoms with Gasteiger partial charge in [-0.15, -0.1) is 0 Å². The zero-order valence-corrected chi connectivity index (χ0v) is 9.24. The van der Waals surface area contributed by atoms with Gasteiger partial charge in [-0.05, 0) is 30.4 Å². The highest BCUT2D eigenvalue weighted by atomic mass is 14.9. The minimum Gasteiger partial charge on any atom is -0.384 e. The van der Waals surface area contributed by atoms with Crippen LogP contribution in [0.4, 0.5) is 11.5 Å². The van der Waals surface area contributed by atoms with Crippen LogP contribution in [0.1, 0.15) is 26.2 Å². The number of aromatic nitrogens is 1. The van der Waals surface area contributed by atoms with Crippen LogP contribution in [-0.2, 0) is 0 Å². The lowest BCUT2D eigenvalue weighted by atomic mass is 9.98. The molecule has 2 unspecified atom stereocenters. The van der Waals surface area contributed by atoms with Gasteiger partial charge in [-0.3, -0.25) is 0 Å². The molecule has 1 aromatic heterocycles. The second-order valence-corrected chi connectivity index (χ2v) is 4.52. The van der Waals surface area contributed by atoms with Crippen LogP contribution in [-0.4, -0.2) is 11.5 Å². The van der Waals surface area contributed by atoms with E-state index >= 15 is 0 Å². The number of hydrogen-bond donors (Lipinski definition) is 2. The number of pyridine rings is 1. The van der Waals surface area contributed by atoms with Crippen LogP contribution >= 0.6 is 0 Å². The van der Waals surface area contributed by atoms with Crippen molar-refractivity contribution in [1.29, 1.82) is 0 Å². The molecule has 1 heterocycles. The molecule has 2 rings (SSSR count). The van der Waals surface area contributed by atoms with Crippen LogP contribution < -0.4 is 11.1 Å². The van der Waals surface area contributed by atoms with Crippen LogP contribution in [0.3, 0.4) is 0 Å². The summed E-state index contributed by atoms with van der Waals surface area (Å²) in [4.78, 5) is 4.06. The number of hydrogen-bond acceptors (Lipinski definition) is 3. The summed E-state index contributed by atoms with van der Waals surface area (Å²) in [7, 11) is 0. The SMILES string of the molecule is CC1CCCC1CNc1ccc(N)nc1. The lowest BCUT2D eigenvalue weighted by Crippen LogP contribution is -2.16. The summed E-state index contributed by atoms with van der Waals surface area (Å²) in [6.07, 6.45) is 5.92. The van der Waals surface area contributed by atoms with Gasteiger partial charge in [0.1, 0.15) is 5.82 Å². The van der Waals surface area contributed by atoms with Crippen LogP contribution in [0.15, 0.2) is 18.3 Å². The van der Waals surface area contributed by atoms with Gasteiger partial charge in [-0.2, -0.15) is 0 Å². The fraction of sp³-hybridized carbons (Fsp3) is 0.583. The molecule has 15 heavy (non-hydrogen) atoms. The molecule has 0 aromatic carbocycles. The van der Waals surface area contributed by atoms with Crippen LogP contribution in [0.25, 0.3) is 0 Å². The normalized spacial score (nSPS) is 25.4. The Morgan fingerprint density at radius 1 is 1.47 bits per heavy atom. The molecule has 0 saturated heterocycles. The molecule has 0 spiro atoms. The van der Waals surface area contributed by atoms with E-state index in [0.29, 0.717) is 5.82 Å². The topological polar surface area (TPSA) is 50.9 Å². The third kappa shape index (κ3) is 2.61. The van der Waals surface area contributed by atoms with Crippen LogP contribution in [0.5, 0.6) is 0 Å². The molecule has 0 radical (unpaired) electrons. The Bertz CT molecular complexity index is 307. The smallest absolute Gasteiger partial charge is 0.123 e. The van der Waals surface area contributed by atoms with Crippen LogP contribution in [0.2, 0.25) is 0 Å². The minimum atomic E-state index is 0.579. The van der Waals surface area contributed by atoms with E-state index < -0.39 is 0 Å². The molecule has 1 fully saturated rings. The van der Waals surface area contributed by atoms with E-state index in [4.69, 9.17) is 5.73 Å². The van der Waals surface area contributed by atoms with Crippen molar-refractivity contribution in [2.24, 2.45) is 11.8 Å². The second-order valence-electron chi connectivity index (χ2n) is 4.52. The molecule has 0 amide bonds. The Balaban J connectivity index is 1.85. The first-order valence-corrected chi connectivity index (χ1v) is 5.71. The van der Waals surface area contributed by atoms with Crippen molar-refractivity contribution < 1.29 is 0 Å². The molecule has 3 N–H and O–H groups in total. The molecule has 0 aliphatic heterocycles. The fourth-order valence-corrected chi connectivity index (χ4v) is 2.28. The molecular formula is C12H19N3. The largest absolute Gasteiger partial charge is 0.384 e. The molecule has 2 atom stereocenters. The van der Waals surface area contributed by atoms with Gasteiger partial charge in [0.15, 0.2) is 0 Å². The third-order valence-corrected chi connectivity index (χ3v) is 3.39. The quantitative estimate of drug-likeness (QED) is 0.797. The molecular weight excluding hydrogens is 186 g/mol. The molecule has 1 saturated carbocycles. The van der Waals surface area contributed by atoms with Crippen molar-refractivity contribution in [2.45, 2.75) is 26.2 Å². The van der Waals surface area contributed by atoms with E-state index in [9.17, 15) is 0 Å². The number of rotatable bonds is 3. The Kier molecular flexibility index (Phi) is 3.09. The van der Waals surface area contributed by atoms with Crippen molar-refractivity contribution in [3.8, 4) is 0 Å². The maximum Gasteiger partial charge on any atom is 0.123 e. The highest BCUT2D eigenvalue weighted by Crippen LogP contribution is 2.31. The Morgan fingerprint density at radius 2 is 2.33 bits per heavy atom. The summed E-state index contributed by atoms with van der Waals surface area (Å²) in [5, 5.41) is 3.43. The first-order chi connectivity index (χ1) is 7.25. The number of nitrogen functional groups attached to an aromatic ring is 1. The summed E-state index contributed by atoms with van der Waals surface area (Å²) in [6, 6.07) is 3.82. The van der Waals surface area contributed by atoms with Gasteiger partial charge in [-0.1, -0.05) is 19.8 Å². The number of anilines is 2. The second kappa shape index (κ2) is 4.51. The zero-order valence-electron chi connectivity index (χ0n) is 9.24. The predicted molar refractivity (Wildman–Crippen MR) is 63.6 cm³/mol. The Hall–Kier alpha value is -1.25. The zero-order chi connectivity index (χ0) is 10.7. The molecule has 1 aliphatic rings. The Labute approximate surface area is 91.1 Å². The fourth-order valence-electron chi connectivity index (χ4n) is 2.28. The Morgan fingerprint density at radius 3 is 2.93 bits per heavy atom. The summed E-state index contributed by atoms with van der Waals surface area (Å²) >= 11 is 0. The standard InChI is InChI=1S/C12H19N3/c1-9-3-2-4-10(9)7-14-11-5-6-12(13)15-8-11/h5-6,8-10,14H,2-4,7H2,1H3,(H2,13,15). The number of nitrogens with two attached hydrogens (primary N) is 1. The van der Waals surface area contributed by atoms with Gasteiger partial charge >= 0.3 is 0 Å². The van der Waals surface area contributed by atoms with Gasteiger partial charge < -0.3 is 11.1 Å². The molecule has 3 heteroatoms. The van der Waals surface area contributed by atoms with E-state index in [1.165, 1.54) is 19.3 Å². The van der Waals surface area contributed by atoms with E-state index in [2.05, 4.69) is 17.2 Å². The molecule has 0 bridgehead atoms. The predicted octanol–water partition coefficient (Wildman–Crippen LogP) is 2.51. The van der Waals surface area contributed by atoms with Gasteiger partial charge in [0.2, 0.25) is 0 Å². The van der Waals surface area contributed by atoms with Crippen molar-refractivity contribution in [1.82, 2.24) is 4.98 Å². The maximum absolute atomic E-state index is 5.53. The highest BCUT2D eigenvalue weighted by molar-refractivity contribution is 5.45. The summed E-state index contributed by atoms with van der Waals surface area (Å²) in [6.45, 7) is 3.41. The van der Waals surface area contributed by atoms with Crippen molar-refractivity contribution in [3.63, 3.8) is 0 Å². The van der Waals surface area contributed by atoms with Gasteiger partial charge in [-0.25, -0.2) is 4.98 Å². The number of nitrogens with one attached hydrogen (secondary N) is 1. The van der Waals surface area contributed by atoms with Gasteiger partial charge in [0.25, 0.3) is 0 Å². The monoisotopic (exact) mass is 205 g/mol. The lowest BCUT2D eigenvalue weighted by molar-refractivity contribution is 0.439. The highest BCUT2D eigenvalue weighted by Gasteiger charge is 2.22. The number of nitrogens with zero attached hydrogens (tertiary/aromatic N) is 1. The van der Waals surface area contributed by atoms with E-state index in [0.717, 1.165) is 24.1 Å². The minimum absolute atomic E-state index is 0.579. The average molecular weight is 205 g/mol. The summed E-state index contributed by atoms with van der Waals surface area (Å²) < 4.78 is 0. The first-order valence-electron chi connectivity index (χ1n) is 5.71. The molecule has 3 nitrogen and oxygen atoms in total. The molecule has 82 valence electrons. The van der Waals surface area contributed by atoms with E-state index in [1.54, 1.807) is 6.20 Å². The average Bonchev–Trinajstić information content (AvgIpc) is 2.63. The molecule has 1 aliphatic carbocycles. The van der Waals surface area contributed by atoms with Crippen molar-refractivity contribution in [2.75, 3.05) is 17.6 Å². The third-order valence-electron chi connectivity index (χ3n) is 3.39.